The largest absolute Gasteiger partial charge is 0.395 e. The first kappa shape index (κ1) is 15.0. The van der Waals surface area contributed by atoms with Crippen molar-refractivity contribution < 1.29 is 9.90 Å². The van der Waals surface area contributed by atoms with Crippen LogP contribution in [0.3, 0.4) is 0 Å². The Hall–Kier alpha value is -1.44. The van der Waals surface area contributed by atoms with Crippen molar-refractivity contribution in [3.8, 4) is 11.8 Å². The molecule has 0 radical (unpaired) electrons. The molecular weight excluding hydrogens is 270 g/mol. The molecule has 0 unspecified atom stereocenters. The molecule has 4 heteroatoms. The number of benzene rings is 1. The van der Waals surface area contributed by atoms with Gasteiger partial charge in [0.25, 0.3) is 5.91 Å². The summed E-state index contributed by atoms with van der Waals surface area (Å²) in [5.41, 5.74) is 1.46. The SMILES string of the molecule is O=C(NC1CCSCC1)c1cccc(C#CCCO)c1. The fourth-order valence-electron chi connectivity index (χ4n) is 2.07. The van der Waals surface area contributed by atoms with Crippen LogP contribution in [0.15, 0.2) is 24.3 Å². The standard InChI is InChI=1S/C16H19NO2S/c18-9-2-1-4-13-5-3-6-14(12-13)16(19)17-15-7-10-20-11-8-15/h3,5-6,12,15,18H,2,7-11H2,(H,17,19). The van der Waals surface area contributed by atoms with Crippen molar-refractivity contribution in [2.45, 2.75) is 25.3 Å². The molecule has 1 aliphatic rings. The molecule has 20 heavy (non-hydrogen) atoms. The zero-order chi connectivity index (χ0) is 14.2. The van der Waals surface area contributed by atoms with Crippen LogP contribution in [0.4, 0.5) is 0 Å². The van der Waals surface area contributed by atoms with E-state index < -0.39 is 0 Å². The van der Waals surface area contributed by atoms with Crippen molar-refractivity contribution in [3.63, 3.8) is 0 Å². The summed E-state index contributed by atoms with van der Waals surface area (Å²) < 4.78 is 0. The summed E-state index contributed by atoms with van der Waals surface area (Å²) in [4.78, 5) is 12.2. The average Bonchev–Trinajstić information content (AvgIpc) is 2.49. The van der Waals surface area contributed by atoms with Crippen LogP contribution >= 0.6 is 11.8 Å². The summed E-state index contributed by atoms with van der Waals surface area (Å²) in [6.45, 7) is 0.0624. The molecule has 0 atom stereocenters. The van der Waals surface area contributed by atoms with Gasteiger partial charge in [0.15, 0.2) is 0 Å². The molecule has 3 nitrogen and oxygen atoms in total. The van der Waals surface area contributed by atoms with E-state index in [1.165, 1.54) is 0 Å². The summed E-state index contributed by atoms with van der Waals surface area (Å²) in [6, 6.07) is 7.63. The fourth-order valence-corrected chi connectivity index (χ4v) is 3.18. The van der Waals surface area contributed by atoms with E-state index in [1.54, 1.807) is 6.07 Å². The summed E-state index contributed by atoms with van der Waals surface area (Å²) in [5.74, 6) is 8.04. The Morgan fingerprint density at radius 1 is 1.40 bits per heavy atom. The van der Waals surface area contributed by atoms with Gasteiger partial charge in [-0.1, -0.05) is 17.9 Å². The second kappa shape index (κ2) is 7.98. The average molecular weight is 289 g/mol. The number of thioether (sulfide) groups is 1. The lowest BCUT2D eigenvalue weighted by atomic mass is 10.1. The normalized spacial score (nSPS) is 15.2. The maximum Gasteiger partial charge on any atom is 0.251 e. The van der Waals surface area contributed by atoms with Crippen LogP contribution in [-0.2, 0) is 0 Å². The van der Waals surface area contributed by atoms with Crippen LogP contribution in [0.2, 0.25) is 0 Å². The van der Waals surface area contributed by atoms with E-state index in [1.807, 2.05) is 30.0 Å². The minimum atomic E-state index is -0.0206. The van der Waals surface area contributed by atoms with E-state index in [0.29, 0.717) is 18.0 Å². The molecule has 0 spiro atoms. The Morgan fingerprint density at radius 2 is 2.20 bits per heavy atom. The second-order valence-corrected chi connectivity index (χ2v) is 5.94. The number of carbonyl (C=O) groups is 1. The van der Waals surface area contributed by atoms with Crippen molar-refractivity contribution in [3.05, 3.63) is 35.4 Å². The highest BCUT2D eigenvalue weighted by atomic mass is 32.2. The fraction of sp³-hybridized carbons (Fsp3) is 0.438. The van der Waals surface area contributed by atoms with E-state index in [9.17, 15) is 4.79 Å². The molecule has 1 heterocycles. The Labute approximate surface area is 124 Å². The molecule has 1 fully saturated rings. The highest BCUT2D eigenvalue weighted by Crippen LogP contribution is 2.17. The van der Waals surface area contributed by atoms with Gasteiger partial charge in [-0.15, -0.1) is 0 Å². The van der Waals surface area contributed by atoms with Gasteiger partial charge in [-0.05, 0) is 42.5 Å². The molecule has 2 N–H and O–H groups in total. The van der Waals surface area contributed by atoms with Gasteiger partial charge in [-0.25, -0.2) is 0 Å². The number of hydrogen-bond donors (Lipinski definition) is 2. The van der Waals surface area contributed by atoms with Crippen molar-refractivity contribution in [2.24, 2.45) is 0 Å². The number of amides is 1. The number of carbonyl (C=O) groups excluding carboxylic acids is 1. The molecule has 0 aromatic heterocycles. The molecule has 0 aliphatic carbocycles. The predicted molar refractivity (Wildman–Crippen MR) is 82.8 cm³/mol. The molecular formula is C16H19NO2S. The van der Waals surface area contributed by atoms with Crippen LogP contribution in [0.5, 0.6) is 0 Å². The summed E-state index contributed by atoms with van der Waals surface area (Å²) in [5, 5.41) is 11.8. The van der Waals surface area contributed by atoms with E-state index in [-0.39, 0.29) is 12.5 Å². The first-order chi connectivity index (χ1) is 9.79. The molecule has 1 amide bonds. The monoisotopic (exact) mass is 289 g/mol. The van der Waals surface area contributed by atoms with E-state index in [0.717, 1.165) is 29.9 Å². The summed E-state index contributed by atoms with van der Waals surface area (Å²) in [7, 11) is 0. The van der Waals surface area contributed by atoms with Gasteiger partial charge >= 0.3 is 0 Å². The highest BCUT2D eigenvalue weighted by molar-refractivity contribution is 7.99. The molecule has 0 bridgehead atoms. The van der Waals surface area contributed by atoms with E-state index in [4.69, 9.17) is 5.11 Å². The van der Waals surface area contributed by atoms with Crippen molar-refractivity contribution in [1.82, 2.24) is 5.32 Å². The van der Waals surface area contributed by atoms with Gasteiger partial charge in [-0.3, -0.25) is 4.79 Å². The van der Waals surface area contributed by atoms with E-state index >= 15 is 0 Å². The number of rotatable bonds is 3. The zero-order valence-electron chi connectivity index (χ0n) is 11.4. The lowest BCUT2D eigenvalue weighted by Gasteiger charge is -2.22. The van der Waals surface area contributed by atoms with Crippen molar-refractivity contribution in [2.75, 3.05) is 18.1 Å². The minimum absolute atomic E-state index is 0.0206. The quantitative estimate of drug-likeness (QED) is 0.837. The van der Waals surface area contributed by atoms with Crippen molar-refractivity contribution >= 4 is 17.7 Å². The van der Waals surface area contributed by atoms with Crippen molar-refractivity contribution in [1.29, 1.82) is 0 Å². The summed E-state index contributed by atoms with van der Waals surface area (Å²) in [6.07, 6.45) is 2.55. The predicted octanol–water partition coefficient (Wildman–Crippen LogP) is 2.05. The maximum atomic E-state index is 12.2. The van der Waals surface area contributed by atoms with Crippen LogP contribution in [0.25, 0.3) is 0 Å². The molecule has 106 valence electrons. The molecule has 2 rings (SSSR count). The van der Waals surface area contributed by atoms with Gasteiger partial charge < -0.3 is 10.4 Å². The number of nitrogens with one attached hydrogen (secondary N) is 1. The third-order valence-corrected chi connectivity index (χ3v) is 4.20. The summed E-state index contributed by atoms with van der Waals surface area (Å²) >= 11 is 1.95. The maximum absolute atomic E-state index is 12.2. The van der Waals surface area contributed by atoms with Gasteiger partial charge in [0, 0.05) is 23.6 Å². The smallest absolute Gasteiger partial charge is 0.251 e. The van der Waals surface area contributed by atoms with Gasteiger partial charge in [0.2, 0.25) is 0 Å². The molecule has 1 aromatic carbocycles. The van der Waals surface area contributed by atoms with Gasteiger partial charge in [0.1, 0.15) is 0 Å². The number of aliphatic hydroxyl groups excluding tert-OH is 1. The Bertz CT molecular complexity index is 513. The minimum Gasteiger partial charge on any atom is -0.395 e. The Morgan fingerprint density at radius 3 is 2.95 bits per heavy atom. The molecule has 1 aliphatic heterocycles. The topological polar surface area (TPSA) is 49.3 Å². The first-order valence-electron chi connectivity index (χ1n) is 6.88. The van der Waals surface area contributed by atoms with Gasteiger partial charge in [0.05, 0.1) is 6.61 Å². The third-order valence-electron chi connectivity index (χ3n) is 3.15. The Kier molecular flexibility index (Phi) is 5.97. The number of hydrogen-bond acceptors (Lipinski definition) is 3. The molecule has 1 saturated heterocycles. The Balaban J connectivity index is 1.99. The van der Waals surface area contributed by atoms with Crippen LogP contribution in [0.1, 0.15) is 35.2 Å². The second-order valence-electron chi connectivity index (χ2n) is 4.72. The first-order valence-corrected chi connectivity index (χ1v) is 8.03. The zero-order valence-corrected chi connectivity index (χ0v) is 12.2. The van der Waals surface area contributed by atoms with E-state index in [2.05, 4.69) is 17.2 Å². The molecule has 0 saturated carbocycles. The lowest BCUT2D eigenvalue weighted by molar-refractivity contribution is 0.0935. The van der Waals surface area contributed by atoms with Crippen LogP contribution in [0, 0.1) is 11.8 Å². The molecule has 1 aromatic rings. The highest BCUT2D eigenvalue weighted by Gasteiger charge is 2.16. The van der Waals surface area contributed by atoms with Crippen LogP contribution in [-0.4, -0.2) is 35.2 Å². The number of aliphatic hydroxyl groups is 1. The van der Waals surface area contributed by atoms with Gasteiger partial charge in [-0.2, -0.15) is 11.8 Å². The van der Waals surface area contributed by atoms with Crippen LogP contribution < -0.4 is 5.32 Å². The lowest BCUT2D eigenvalue weighted by Crippen LogP contribution is -2.37. The third kappa shape index (κ3) is 4.59.